The van der Waals surface area contributed by atoms with Gasteiger partial charge in [-0.2, -0.15) is 28.4 Å². The van der Waals surface area contributed by atoms with Crippen LogP contribution in [0.4, 0.5) is 23.7 Å². The topological polar surface area (TPSA) is 156 Å². The number of hydrazine groups is 1. The van der Waals surface area contributed by atoms with Crippen molar-refractivity contribution in [3.63, 3.8) is 0 Å². The van der Waals surface area contributed by atoms with E-state index >= 15 is 0 Å². The lowest BCUT2D eigenvalue weighted by Crippen LogP contribution is -2.53. The Kier molecular flexibility index (Phi) is 10.2. The highest BCUT2D eigenvalue weighted by atomic mass is 19.4. The Morgan fingerprint density at radius 3 is 2.32 bits per heavy atom. The van der Waals surface area contributed by atoms with Crippen LogP contribution in [-0.2, 0) is 40.6 Å². The molecule has 1 N–H and O–H groups in total. The average Bonchev–Trinajstić information content (AvgIpc) is 3.87. The zero-order valence-corrected chi connectivity index (χ0v) is 30.4. The van der Waals surface area contributed by atoms with Gasteiger partial charge < -0.3 is 10.2 Å². The number of unbranched alkanes of at least 4 members (excludes halogenated alkanes) is 1. The fourth-order valence-electron chi connectivity index (χ4n) is 6.90. The first-order valence-electron chi connectivity index (χ1n) is 17.8. The van der Waals surface area contributed by atoms with E-state index in [2.05, 4.69) is 20.5 Å². The van der Waals surface area contributed by atoms with Gasteiger partial charge in [-0.05, 0) is 79.3 Å². The van der Waals surface area contributed by atoms with Crippen molar-refractivity contribution in [2.45, 2.75) is 71.5 Å². The summed E-state index contributed by atoms with van der Waals surface area (Å²) in [6.07, 6.45) is 4.53. The summed E-state index contributed by atoms with van der Waals surface area (Å²) in [6.45, 7) is 2.83. The molecule has 0 saturated carbocycles. The number of hydrogen-bond donors (Lipinski definition) is 1. The van der Waals surface area contributed by atoms with Gasteiger partial charge in [0.15, 0.2) is 0 Å². The smallest absolute Gasteiger partial charge is 0.316 e. The number of benzene rings is 2. The summed E-state index contributed by atoms with van der Waals surface area (Å²) in [5.74, 6) is -1.56. The Bertz CT molecular complexity index is 2400. The van der Waals surface area contributed by atoms with Crippen molar-refractivity contribution in [1.82, 2.24) is 39.5 Å². The maximum atomic E-state index is 13.6. The predicted octanol–water partition coefficient (Wildman–Crippen LogP) is 5.68. The van der Waals surface area contributed by atoms with Crippen LogP contribution in [-0.4, -0.2) is 75.4 Å². The van der Waals surface area contributed by atoms with E-state index in [-0.39, 0.29) is 17.3 Å². The van der Waals surface area contributed by atoms with Crippen LogP contribution in [0.2, 0.25) is 0 Å². The van der Waals surface area contributed by atoms with E-state index < -0.39 is 42.0 Å². The molecule has 0 saturated heterocycles. The number of carbonyl (C=O) groups is 4. The quantitative estimate of drug-likeness (QED) is 0.133. The van der Waals surface area contributed by atoms with Crippen molar-refractivity contribution in [1.29, 1.82) is 0 Å². The van der Waals surface area contributed by atoms with E-state index in [9.17, 15) is 37.1 Å². The minimum Gasteiger partial charge on any atom is -0.316 e. The predicted molar refractivity (Wildman–Crippen MR) is 198 cm³/mol. The van der Waals surface area contributed by atoms with E-state index in [4.69, 9.17) is 0 Å². The zero-order chi connectivity index (χ0) is 39.7. The third-order valence-electron chi connectivity index (χ3n) is 9.61. The van der Waals surface area contributed by atoms with Gasteiger partial charge >= 0.3 is 12.2 Å². The van der Waals surface area contributed by atoms with Gasteiger partial charge in [-0.3, -0.25) is 28.8 Å². The van der Waals surface area contributed by atoms with Gasteiger partial charge in [-0.25, -0.2) is 14.5 Å². The summed E-state index contributed by atoms with van der Waals surface area (Å²) in [7, 11) is 0. The van der Waals surface area contributed by atoms with Crippen LogP contribution in [0.1, 0.15) is 44.2 Å². The van der Waals surface area contributed by atoms with Crippen molar-refractivity contribution in [3.8, 4) is 22.4 Å². The monoisotopic (exact) mass is 767 g/mol. The van der Waals surface area contributed by atoms with Gasteiger partial charge in [0.2, 0.25) is 5.91 Å². The van der Waals surface area contributed by atoms with Gasteiger partial charge in [0, 0.05) is 73.9 Å². The molecule has 0 bridgehead atoms. The number of halogens is 3. The van der Waals surface area contributed by atoms with Crippen LogP contribution >= 0.6 is 0 Å². The highest BCUT2D eigenvalue weighted by Gasteiger charge is 2.34. The summed E-state index contributed by atoms with van der Waals surface area (Å²) in [5, 5.41) is 14.2. The number of amides is 5. The third-order valence-corrected chi connectivity index (χ3v) is 9.61. The molecule has 5 heterocycles. The van der Waals surface area contributed by atoms with Crippen LogP contribution in [0.5, 0.6) is 0 Å². The number of aryl methyl sites for hydroxylation is 1. The molecule has 5 amide bonds. The number of pyridine rings is 1. The Balaban J connectivity index is 1.05. The zero-order valence-electron chi connectivity index (χ0n) is 30.4. The van der Waals surface area contributed by atoms with Crippen LogP contribution in [0.25, 0.3) is 33.3 Å². The molecule has 0 radical (unpaired) electrons. The fraction of sp³-hybridized carbons (Fsp3) is 0.282. The summed E-state index contributed by atoms with van der Waals surface area (Å²) < 4.78 is 43.0. The lowest BCUT2D eigenvalue weighted by molar-refractivity contribution is -0.170. The van der Waals surface area contributed by atoms with E-state index in [0.29, 0.717) is 71.3 Å². The number of fused-ring (bicyclic) bond motifs is 2. The van der Waals surface area contributed by atoms with Crippen molar-refractivity contribution < 1.29 is 32.3 Å². The lowest BCUT2D eigenvalue weighted by Gasteiger charge is -2.34. The molecule has 2 aromatic carbocycles. The second kappa shape index (κ2) is 15.2. The molecule has 288 valence electrons. The Labute approximate surface area is 317 Å². The number of alkyl halides is 3. The Morgan fingerprint density at radius 2 is 1.62 bits per heavy atom. The van der Waals surface area contributed by atoms with Crippen LogP contribution in [0.15, 0.2) is 90.1 Å². The molecular formula is C39H36F3N9O5. The highest BCUT2D eigenvalue weighted by molar-refractivity contribution is 6.13. The molecule has 3 aromatic heterocycles. The molecule has 2 aliphatic rings. The SMILES string of the molecule is CC(=O)N(C(C)CCCCn1cc2cc(-c3cc(-c4ccc(NC(=O)N5Cc6ccncc6C5)cc4)nn(CC(F)(F)F)c3=O)ccc2n1)N1C(=O)C=CC1=O. The lowest BCUT2D eigenvalue weighted by atomic mass is 10.0. The molecule has 0 fully saturated rings. The standard InChI is InChI=1S/C39H36F3N9O5/c1-24(50(25(2)52)51-35(53)12-13-36(51)54)5-3-4-16-48-22-29-17-27(8-11-33(29)45-48)32-18-34(46-49(37(32)55)23-39(40,41)42)26-6-9-31(10-7-26)44-38(56)47-20-28-14-15-43-19-30(28)21-47/h6-15,17-19,22,24H,3-5,16,20-21,23H2,1-2H3,(H,44,56). The molecule has 56 heavy (non-hydrogen) atoms. The van der Waals surface area contributed by atoms with Crippen molar-refractivity contribution in [2.24, 2.45) is 0 Å². The van der Waals surface area contributed by atoms with Crippen molar-refractivity contribution in [3.05, 3.63) is 107 Å². The van der Waals surface area contributed by atoms with Crippen LogP contribution in [0.3, 0.4) is 0 Å². The molecule has 17 heteroatoms. The van der Waals surface area contributed by atoms with E-state index in [1.165, 1.54) is 18.0 Å². The molecule has 1 unspecified atom stereocenters. The number of carbonyl (C=O) groups excluding carboxylic acids is 4. The maximum absolute atomic E-state index is 13.6. The van der Waals surface area contributed by atoms with E-state index in [1.54, 1.807) is 77.6 Å². The van der Waals surface area contributed by atoms with Gasteiger partial charge in [0.25, 0.3) is 17.4 Å². The van der Waals surface area contributed by atoms with Gasteiger partial charge in [-0.15, -0.1) is 0 Å². The molecule has 7 rings (SSSR count). The Hall–Kier alpha value is -6.65. The molecule has 0 spiro atoms. The van der Waals surface area contributed by atoms with Gasteiger partial charge in [-0.1, -0.05) is 18.2 Å². The Morgan fingerprint density at radius 1 is 0.911 bits per heavy atom. The van der Waals surface area contributed by atoms with Crippen LogP contribution in [0, 0.1) is 0 Å². The number of aromatic nitrogens is 5. The first kappa shape index (κ1) is 37.7. The van der Waals surface area contributed by atoms with Crippen molar-refractivity contribution >= 4 is 40.3 Å². The van der Waals surface area contributed by atoms with E-state index in [0.717, 1.165) is 28.3 Å². The molecule has 0 aliphatic carbocycles. The van der Waals surface area contributed by atoms with E-state index in [1.807, 2.05) is 6.07 Å². The number of hydrogen-bond acceptors (Lipinski definition) is 8. The second-order valence-corrected chi connectivity index (χ2v) is 13.7. The minimum absolute atomic E-state index is 0.0172. The average molecular weight is 768 g/mol. The van der Waals surface area contributed by atoms with Crippen LogP contribution < -0.4 is 10.9 Å². The molecule has 14 nitrogen and oxygen atoms in total. The fourth-order valence-corrected chi connectivity index (χ4v) is 6.90. The third kappa shape index (κ3) is 8.06. The summed E-state index contributed by atoms with van der Waals surface area (Å²) >= 11 is 0. The highest BCUT2D eigenvalue weighted by Crippen LogP contribution is 2.28. The summed E-state index contributed by atoms with van der Waals surface area (Å²) in [6, 6.07) is 14.0. The molecule has 5 aromatic rings. The number of anilines is 1. The molecule has 2 aliphatic heterocycles. The number of nitrogens with zero attached hydrogens (tertiary/aromatic N) is 8. The van der Waals surface area contributed by atoms with Gasteiger partial charge in [0.05, 0.1) is 22.8 Å². The molecular weight excluding hydrogens is 731 g/mol. The van der Waals surface area contributed by atoms with Gasteiger partial charge in [0.1, 0.15) is 6.54 Å². The number of imide groups is 1. The number of nitrogens with one attached hydrogen (secondary N) is 1. The largest absolute Gasteiger partial charge is 0.408 e. The first-order chi connectivity index (χ1) is 26.7. The number of rotatable bonds is 11. The maximum Gasteiger partial charge on any atom is 0.408 e. The van der Waals surface area contributed by atoms with Crippen molar-refractivity contribution in [2.75, 3.05) is 5.32 Å². The minimum atomic E-state index is -4.71. The summed E-state index contributed by atoms with van der Waals surface area (Å²) in [4.78, 5) is 68.7. The number of urea groups is 1. The molecule has 1 atom stereocenters. The first-order valence-corrected chi connectivity index (χ1v) is 17.8. The normalized spacial score (nSPS) is 14.4. The second-order valence-electron chi connectivity index (χ2n) is 13.7. The summed E-state index contributed by atoms with van der Waals surface area (Å²) in [5.41, 5.74) is 3.12.